The van der Waals surface area contributed by atoms with Crippen LogP contribution in [0.2, 0.25) is 0 Å². The molecule has 0 aromatic heterocycles. The van der Waals surface area contributed by atoms with Gasteiger partial charge in [0, 0.05) is 18.9 Å². The van der Waals surface area contributed by atoms with Crippen LogP contribution in [0.4, 0.5) is 0 Å². The zero-order chi connectivity index (χ0) is 11.0. The molecular formula is C13H25N. The Balaban J connectivity index is 3.60. The summed E-state index contributed by atoms with van der Waals surface area (Å²) in [5.74, 6) is 7.72. The van der Waals surface area contributed by atoms with Crippen LogP contribution in [-0.4, -0.2) is 25.0 Å². The molecule has 14 heavy (non-hydrogen) atoms. The minimum Gasteiger partial charge on any atom is -0.306 e. The van der Waals surface area contributed by atoms with Crippen LogP contribution in [0.3, 0.4) is 0 Å². The predicted octanol–water partition coefficient (Wildman–Crippen LogP) is 3.01. The maximum atomic E-state index is 3.26. The highest BCUT2D eigenvalue weighted by Crippen LogP contribution is 2.03. The summed E-state index contributed by atoms with van der Waals surface area (Å²) >= 11 is 0. The van der Waals surface area contributed by atoms with E-state index in [-0.39, 0.29) is 0 Å². The standard InChI is InChI=1S/C13H25N/c1-6-7-8-13(4)9-10-14(5)11-12(2)3/h12-13H,6,9-11H2,1-5H3. The molecule has 0 saturated heterocycles. The number of rotatable bonds is 5. The molecule has 0 aliphatic carbocycles. The number of hydrogen-bond donors (Lipinski definition) is 0. The van der Waals surface area contributed by atoms with Crippen molar-refractivity contribution in [2.75, 3.05) is 20.1 Å². The van der Waals surface area contributed by atoms with E-state index in [0.717, 1.165) is 18.9 Å². The van der Waals surface area contributed by atoms with Gasteiger partial charge in [-0.15, -0.1) is 11.8 Å². The maximum Gasteiger partial charge on any atom is 0.0186 e. The highest BCUT2D eigenvalue weighted by Gasteiger charge is 2.03. The Labute approximate surface area is 89.9 Å². The van der Waals surface area contributed by atoms with Gasteiger partial charge in [-0.25, -0.2) is 0 Å². The Kier molecular flexibility index (Phi) is 7.61. The highest BCUT2D eigenvalue weighted by atomic mass is 15.1. The van der Waals surface area contributed by atoms with Crippen molar-refractivity contribution in [3.05, 3.63) is 0 Å². The summed E-state index contributed by atoms with van der Waals surface area (Å²) in [6.45, 7) is 11.2. The molecule has 0 radical (unpaired) electrons. The van der Waals surface area contributed by atoms with Crippen molar-refractivity contribution in [2.45, 2.75) is 40.5 Å². The van der Waals surface area contributed by atoms with Gasteiger partial charge in [-0.3, -0.25) is 0 Å². The summed E-state index contributed by atoms with van der Waals surface area (Å²) in [7, 11) is 2.19. The van der Waals surface area contributed by atoms with Crippen molar-refractivity contribution in [1.82, 2.24) is 4.90 Å². The summed E-state index contributed by atoms with van der Waals surface area (Å²) in [6.07, 6.45) is 2.17. The van der Waals surface area contributed by atoms with Gasteiger partial charge in [0.1, 0.15) is 0 Å². The smallest absolute Gasteiger partial charge is 0.0186 e. The summed E-state index contributed by atoms with van der Waals surface area (Å²) < 4.78 is 0. The van der Waals surface area contributed by atoms with Gasteiger partial charge in [0.05, 0.1) is 0 Å². The van der Waals surface area contributed by atoms with Gasteiger partial charge in [0.25, 0.3) is 0 Å². The first-order valence-corrected chi connectivity index (χ1v) is 5.73. The second-order valence-electron chi connectivity index (χ2n) is 4.52. The summed E-state index contributed by atoms with van der Waals surface area (Å²) in [5, 5.41) is 0. The molecule has 0 aliphatic heterocycles. The third kappa shape index (κ3) is 8.13. The molecule has 0 saturated carbocycles. The molecule has 1 heteroatoms. The predicted molar refractivity (Wildman–Crippen MR) is 64.2 cm³/mol. The zero-order valence-electron chi connectivity index (χ0n) is 10.4. The molecule has 82 valence electrons. The van der Waals surface area contributed by atoms with E-state index in [2.05, 4.69) is 51.5 Å². The molecule has 0 heterocycles. The Hall–Kier alpha value is -0.480. The molecule has 0 aromatic rings. The quantitative estimate of drug-likeness (QED) is 0.610. The highest BCUT2D eigenvalue weighted by molar-refractivity contribution is 5.01. The zero-order valence-corrected chi connectivity index (χ0v) is 10.4. The van der Waals surface area contributed by atoms with Crippen molar-refractivity contribution in [1.29, 1.82) is 0 Å². The average molecular weight is 195 g/mol. The normalized spacial score (nSPS) is 12.8. The molecule has 0 aliphatic rings. The van der Waals surface area contributed by atoms with E-state index in [9.17, 15) is 0 Å². The van der Waals surface area contributed by atoms with Crippen LogP contribution >= 0.6 is 0 Å². The van der Waals surface area contributed by atoms with Crippen molar-refractivity contribution in [3.8, 4) is 11.8 Å². The molecular weight excluding hydrogens is 170 g/mol. The summed E-state index contributed by atoms with van der Waals surface area (Å²) in [5.41, 5.74) is 0. The van der Waals surface area contributed by atoms with Crippen LogP contribution in [0.25, 0.3) is 0 Å². The van der Waals surface area contributed by atoms with Crippen molar-refractivity contribution < 1.29 is 0 Å². The molecule has 0 bridgehead atoms. The molecule has 0 aromatic carbocycles. The van der Waals surface area contributed by atoms with Gasteiger partial charge in [-0.2, -0.15) is 0 Å². The second kappa shape index (κ2) is 7.88. The van der Waals surface area contributed by atoms with Gasteiger partial charge >= 0.3 is 0 Å². The lowest BCUT2D eigenvalue weighted by molar-refractivity contribution is 0.284. The van der Waals surface area contributed by atoms with Crippen molar-refractivity contribution >= 4 is 0 Å². The van der Waals surface area contributed by atoms with Gasteiger partial charge in [0.2, 0.25) is 0 Å². The van der Waals surface area contributed by atoms with Gasteiger partial charge < -0.3 is 4.90 Å². The van der Waals surface area contributed by atoms with E-state index in [1.165, 1.54) is 13.0 Å². The largest absolute Gasteiger partial charge is 0.306 e. The van der Waals surface area contributed by atoms with Crippen LogP contribution in [0.15, 0.2) is 0 Å². The van der Waals surface area contributed by atoms with E-state index >= 15 is 0 Å². The van der Waals surface area contributed by atoms with E-state index < -0.39 is 0 Å². The monoisotopic (exact) mass is 195 g/mol. The molecule has 1 nitrogen and oxygen atoms in total. The Morgan fingerprint density at radius 1 is 1.21 bits per heavy atom. The Morgan fingerprint density at radius 2 is 1.86 bits per heavy atom. The van der Waals surface area contributed by atoms with Crippen LogP contribution in [0.5, 0.6) is 0 Å². The minimum atomic E-state index is 0.546. The maximum absolute atomic E-state index is 3.26. The third-order valence-corrected chi connectivity index (χ3v) is 2.15. The minimum absolute atomic E-state index is 0.546. The fourth-order valence-corrected chi connectivity index (χ4v) is 1.48. The number of hydrogen-bond acceptors (Lipinski definition) is 1. The average Bonchev–Trinajstić information content (AvgIpc) is 2.10. The lowest BCUT2D eigenvalue weighted by Gasteiger charge is -2.19. The van der Waals surface area contributed by atoms with Crippen LogP contribution in [-0.2, 0) is 0 Å². The Morgan fingerprint density at radius 3 is 2.36 bits per heavy atom. The van der Waals surface area contributed by atoms with Gasteiger partial charge in [-0.1, -0.05) is 27.7 Å². The molecule has 0 spiro atoms. The first kappa shape index (κ1) is 13.5. The fourth-order valence-electron chi connectivity index (χ4n) is 1.48. The molecule has 0 fully saturated rings. The molecule has 1 atom stereocenters. The van der Waals surface area contributed by atoms with E-state index in [4.69, 9.17) is 0 Å². The Bertz CT molecular complexity index is 185. The molecule has 0 amide bonds. The van der Waals surface area contributed by atoms with Crippen LogP contribution < -0.4 is 0 Å². The molecule has 0 rings (SSSR count). The van der Waals surface area contributed by atoms with E-state index in [0.29, 0.717) is 5.92 Å². The van der Waals surface area contributed by atoms with Crippen LogP contribution in [0, 0.1) is 23.7 Å². The van der Waals surface area contributed by atoms with E-state index in [1.54, 1.807) is 0 Å². The molecule has 1 unspecified atom stereocenters. The number of nitrogens with zero attached hydrogens (tertiary/aromatic N) is 1. The van der Waals surface area contributed by atoms with Gasteiger partial charge in [-0.05, 0) is 25.9 Å². The lowest BCUT2D eigenvalue weighted by Crippen LogP contribution is -2.25. The first-order valence-electron chi connectivity index (χ1n) is 5.73. The van der Waals surface area contributed by atoms with Gasteiger partial charge in [0.15, 0.2) is 0 Å². The summed E-state index contributed by atoms with van der Waals surface area (Å²) in [6, 6.07) is 0. The topological polar surface area (TPSA) is 3.24 Å². The molecule has 0 N–H and O–H groups in total. The van der Waals surface area contributed by atoms with Crippen molar-refractivity contribution in [2.24, 2.45) is 11.8 Å². The van der Waals surface area contributed by atoms with E-state index in [1.807, 2.05) is 0 Å². The second-order valence-corrected chi connectivity index (χ2v) is 4.52. The SMILES string of the molecule is CCC#CC(C)CCN(C)CC(C)C. The third-order valence-electron chi connectivity index (χ3n) is 2.15. The van der Waals surface area contributed by atoms with Crippen LogP contribution in [0.1, 0.15) is 40.5 Å². The summed E-state index contributed by atoms with van der Waals surface area (Å²) in [4.78, 5) is 2.40. The lowest BCUT2D eigenvalue weighted by atomic mass is 10.1. The fraction of sp³-hybridized carbons (Fsp3) is 0.846. The first-order chi connectivity index (χ1) is 6.56. The van der Waals surface area contributed by atoms with Crippen molar-refractivity contribution in [3.63, 3.8) is 0 Å².